The molecule has 154 valence electrons. The predicted octanol–water partition coefficient (Wildman–Crippen LogP) is 3.41. The quantitative estimate of drug-likeness (QED) is 0.739. The lowest BCUT2D eigenvalue weighted by molar-refractivity contribution is 0.0355. The zero-order valence-corrected chi connectivity index (χ0v) is 17.3. The standard InChI is InChI=1S/C25H31NO3/c1-24(2,28)22-10-8-19(9-11-22)23(27)17-26-15-20-13-25(29,14-21(20)16-26)12-18-6-4-3-5-7-18/h3-11,20-21,28-29H,12-17H2,1-2H3/t20-,21+,25?. The number of hydrogen-bond donors (Lipinski definition) is 2. The van der Waals surface area contributed by atoms with Gasteiger partial charge in [-0.3, -0.25) is 9.69 Å². The Morgan fingerprint density at radius 1 is 1.03 bits per heavy atom. The van der Waals surface area contributed by atoms with Gasteiger partial charge in [0.25, 0.3) is 0 Å². The van der Waals surface area contributed by atoms with Gasteiger partial charge in [-0.25, -0.2) is 0 Å². The van der Waals surface area contributed by atoms with Crippen LogP contribution in [-0.4, -0.2) is 46.1 Å². The Balaban J connectivity index is 1.32. The smallest absolute Gasteiger partial charge is 0.176 e. The number of fused-ring (bicyclic) bond motifs is 1. The molecule has 1 unspecified atom stereocenters. The van der Waals surface area contributed by atoms with E-state index in [1.165, 1.54) is 5.56 Å². The highest BCUT2D eigenvalue weighted by molar-refractivity contribution is 5.97. The Bertz CT molecular complexity index is 840. The summed E-state index contributed by atoms with van der Waals surface area (Å²) in [7, 11) is 0. The zero-order chi connectivity index (χ0) is 20.6. The highest BCUT2D eigenvalue weighted by atomic mass is 16.3. The second-order valence-electron chi connectivity index (χ2n) is 9.57. The van der Waals surface area contributed by atoms with Crippen LogP contribution in [0.15, 0.2) is 54.6 Å². The first kappa shape index (κ1) is 20.3. The zero-order valence-electron chi connectivity index (χ0n) is 17.3. The first-order valence-corrected chi connectivity index (χ1v) is 10.6. The van der Waals surface area contributed by atoms with Crippen molar-refractivity contribution >= 4 is 5.78 Å². The number of carbonyl (C=O) groups is 1. The average molecular weight is 394 g/mol. The van der Waals surface area contributed by atoms with E-state index >= 15 is 0 Å². The van der Waals surface area contributed by atoms with Crippen molar-refractivity contribution < 1.29 is 15.0 Å². The van der Waals surface area contributed by atoms with Crippen LogP contribution in [0.1, 0.15) is 48.2 Å². The van der Waals surface area contributed by atoms with Gasteiger partial charge in [0.1, 0.15) is 0 Å². The van der Waals surface area contributed by atoms with Crippen molar-refractivity contribution in [3.05, 3.63) is 71.3 Å². The van der Waals surface area contributed by atoms with Crippen LogP contribution in [0.25, 0.3) is 0 Å². The third-order valence-corrected chi connectivity index (χ3v) is 6.59. The van der Waals surface area contributed by atoms with E-state index in [0.29, 0.717) is 30.4 Å². The van der Waals surface area contributed by atoms with Crippen molar-refractivity contribution in [2.45, 2.75) is 44.3 Å². The van der Waals surface area contributed by atoms with Crippen LogP contribution in [0.2, 0.25) is 0 Å². The van der Waals surface area contributed by atoms with Crippen molar-refractivity contribution in [1.29, 1.82) is 0 Å². The molecular weight excluding hydrogens is 362 g/mol. The molecule has 1 saturated heterocycles. The first-order valence-electron chi connectivity index (χ1n) is 10.6. The van der Waals surface area contributed by atoms with Crippen LogP contribution in [0.5, 0.6) is 0 Å². The molecule has 2 N–H and O–H groups in total. The van der Waals surface area contributed by atoms with E-state index in [0.717, 1.165) is 31.5 Å². The molecule has 0 bridgehead atoms. The third-order valence-electron chi connectivity index (χ3n) is 6.59. The van der Waals surface area contributed by atoms with Crippen LogP contribution < -0.4 is 0 Å². The minimum absolute atomic E-state index is 0.117. The Kier molecular flexibility index (Phi) is 5.36. The van der Waals surface area contributed by atoms with Gasteiger partial charge in [0.2, 0.25) is 0 Å². The van der Waals surface area contributed by atoms with Crippen molar-refractivity contribution in [2.24, 2.45) is 11.8 Å². The molecule has 0 amide bonds. The highest BCUT2D eigenvalue weighted by Crippen LogP contribution is 2.45. The van der Waals surface area contributed by atoms with E-state index in [2.05, 4.69) is 17.0 Å². The molecule has 4 heteroatoms. The van der Waals surface area contributed by atoms with Gasteiger partial charge >= 0.3 is 0 Å². The van der Waals surface area contributed by atoms with E-state index < -0.39 is 11.2 Å². The molecule has 0 spiro atoms. The summed E-state index contributed by atoms with van der Waals surface area (Å²) < 4.78 is 0. The molecule has 3 atom stereocenters. The molecule has 2 aromatic rings. The number of Topliss-reactive ketones (excluding diaryl/α,β-unsaturated/α-hetero) is 1. The molecule has 29 heavy (non-hydrogen) atoms. The molecule has 0 aromatic heterocycles. The fourth-order valence-electron chi connectivity index (χ4n) is 5.17. The number of benzene rings is 2. The summed E-state index contributed by atoms with van der Waals surface area (Å²) in [5.74, 6) is 1.05. The lowest BCUT2D eigenvalue weighted by Crippen LogP contribution is -2.34. The fraction of sp³-hybridized carbons (Fsp3) is 0.480. The highest BCUT2D eigenvalue weighted by Gasteiger charge is 2.48. The van der Waals surface area contributed by atoms with E-state index in [9.17, 15) is 15.0 Å². The van der Waals surface area contributed by atoms with E-state index in [4.69, 9.17) is 0 Å². The van der Waals surface area contributed by atoms with E-state index in [1.54, 1.807) is 13.8 Å². The van der Waals surface area contributed by atoms with E-state index in [-0.39, 0.29) is 5.78 Å². The molecule has 1 aliphatic carbocycles. The molecule has 2 fully saturated rings. The van der Waals surface area contributed by atoms with Crippen molar-refractivity contribution in [1.82, 2.24) is 4.90 Å². The summed E-state index contributed by atoms with van der Waals surface area (Å²) >= 11 is 0. The third kappa shape index (κ3) is 4.61. The molecule has 1 aliphatic heterocycles. The Hall–Kier alpha value is -2.01. The predicted molar refractivity (Wildman–Crippen MR) is 114 cm³/mol. The van der Waals surface area contributed by atoms with Gasteiger partial charge in [-0.2, -0.15) is 0 Å². The van der Waals surface area contributed by atoms with Crippen molar-refractivity contribution in [3.63, 3.8) is 0 Å². The SMILES string of the molecule is CC(C)(O)c1ccc(C(=O)CN2C[C@@H]3CC(O)(Cc4ccccc4)C[C@@H]3C2)cc1. The van der Waals surface area contributed by atoms with Gasteiger partial charge in [0.15, 0.2) is 5.78 Å². The van der Waals surface area contributed by atoms with Crippen LogP contribution in [0.4, 0.5) is 0 Å². The number of rotatable bonds is 6. The maximum absolute atomic E-state index is 12.7. The largest absolute Gasteiger partial charge is 0.390 e. The Morgan fingerprint density at radius 2 is 1.62 bits per heavy atom. The monoisotopic (exact) mass is 393 g/mol. The lowest BCUT2D eigenvalue weighted by atomic mass is 9.91. The summed E-state index contributed by atoms with van der Waals surface area (Å²) in [6.07, 6.45) is 2.35. The first-order chi connectivity index (χ1) is 13.7. The Labute approximate surface area is 173 Å². The van der Waals surface area contributed by atoms with Crippen LogP contribution >= 0.6 is 0 Å². The number of aliphatic hydroxyl groups is 2. The molecule has 4 nitrogen and oxygen atoms in total. The molecular formula is C25H31NO3. The van der Waals surface area contributed by atoms with Gasteiger partial charge in [-0.15, -0.1) is 0 Å². The fourth-order valence-corrected chi connectivity index (χ4v) is 5.17. The number of carbonyl (C=O) groups excluding carboxylic acids is 1. The normalized spacial score (nSPS) is 27.2. The van der Waals surface area contributed by atoms with Crippen LogP contribution in [0, 0.1) is 11.8 Å². The molecule has 0 radical (unpaired) electrons. The summed E-state index contributed by atoms with van der Waals surface area (Å²) in [5.41, 5.74) is 1.18. The van der Waals surface area contributed by atoms with Crippen molar-refractivity contribution in [3.8, 4) is 0 Å². The summed E-state index contributed by atoms with van der Waals surface area (Å²) in [6, 6.07) is 17.5. The van der Waals surface area contributed by atoms with Gasteiger partial charge < -0.3 is 10.2 Å². The summed E-state index contributed by atoms with van der Waals surface area (Å²) in [5, 5.41) is 21.1. The maximum atomic E-state index is 12.7. The van der Waals surface area contributed by atoms with Crippen LogP contribution in [0.3, 0.4) is 0 Å². The van der Waals surface area contributed by atoms with Gasteiger partial charge in [0.05, 0.1) is 17.7 Å². The van der Waals surface area contributed by atoms with Crippen molar-refractivity contribution in [2.75, 3.05) is 19.6 Å². The summed E-state index contributed by atoms with van der Waals surface area (Å²) in [4.78, 5) is 14.9. The van der Waals surface area contributed by atoms with Gasteiger partial charge in [-0.1, -0.05) is 54.6 Å². The second kappa shape index (κ2) is 7.67. The van der Waals surface area contributed by atoms with Crippen LogP contribution in [-0.2, 0) is 12.0 Å². The number of hydrogen-bond acceptors (Lipinski definition) is 4. The Morgan fingerprint density at radius 3 is 2.17 bits per heavy atom. The van der Waals surface area contributed by atoms with Gasteiger partial charge in [0, 0.05) is 25.1 Å². The summed E-state index contributed by atoms with van der Waals surface area (Å²) in [6.45, 7) is 5.67. The molecule has 1 saturated carbocycles. The molecule has 2 aliphatic rings. The number of nitrogens with zero attached hydrogens (tertiary/aromatic N) is 1. The van der Waals surface area contributed by atoms with Gasteiger partial charge in [-0.05, 0) is 49.7 Å². The topological polar surface area (TPSA) is 60.8 Å². The molecule has 1 heterocycles. The number of ketones is 1. The lowest BCUT2D eigenvalue weighted by Gasteiger charge is -2.26. The minimum atomic E-state index is -0.898. The number of likely N-dealkylation sites (tertiary alicyclic amines) is 1. The minimum Gasteiger partial charge on any atom is -0.390 e. The molecule has 4 rings (SSSR count). The molecule has 2 aromatic carbocycles. The average Bonchev–Trinajstić information content (AvgIpc) is 3.15. The van der Waals surface area contributed by atoms with E-state index in [1.807, 2.05) is 42.5 Å². The second-order valence-corrected chi connectivity index (χ2v) is 9.57. The maximum Gasteiger partial charge on any atom is 0.176 e.